The predicted octanol–water partition coefficient (Wildman–Crippen LogP) is 1.08. The molecular formula is C10H15N5. The number of nitriles is 1. The molecule has 1 unspecified atom stereocenters. The standard InChI is InChI=1S/C10H15N5/c1-7(5-11)6-15(4)10-12-8(2)9(3)13-14-10/h7H,6H2,1-4H3. The molecule has 0 aromatic carbocycles. The Labute approximate surface area is 89.8 Å². The molecule has 5 nitrogen and oxygen atoms in total. The highest BCUT2D eigenvalue weighted by Gasteiger charge is 2.10. The Hall–Kier alpha value is -1.70. The zero-order chi connectivity index (χ0) is 11.4. The quantitative estimate of drug-likeness (QED) is 0.738. The van der Waals surface area contributed by atoms with Crippen LogP contribution in [0, 0.1) is 31.1 Å². The topological polar surface area (TPSA) is 65.7 Å². The summed E-state index contributed by atoms with van der Waals surface area (Å²) in [5.41, 5.74) is 1.71. The molecule has 15 heavy (non-hydrogen) atoms. The Balaban J connectivity index is 2.79. The highest BCUT2D eigenvalue weighted by atomic mass is 15.3. The first-order chi connectivity index (χ1) is 7.04. The van der Waals surface area contributed by atoms with Crippen molar-refractivity contribution in [3.05, 3.63) is 11.4 Å². The molecule has 0 radical (unpaired) electrons. The van der Waals surface area contributed by atoms with Gasteiger partial charge in [0.15, 0.2) is 0 Å². The first kappa shape index (κ1) is 11.4. The molecule has 1 aromatic rings. The largest absolute Gasteiger partial charge is 0.341 e. The van der Waals surface area contributed by atoms with E-state index in [0.717, 1.165) is 11.4 Å². The molecule has 0 amide bonds. The normalized spacial score (nSPS) is 11.9. The van der Waals surface area contributed by atoms with Gasteiger partial charge < -0.3 is 4.90 Å². The molecule has 0 bridgehead atoms. The van der Waals surface area contributed by atoms with Crippen LogP contribution in [-0.2, 0) is 0 Å². The van der Waals surface area contributed by atoms with E-state index < -0.39 is 0 Å². The van der Waals surface area contributed by atoms with Crippen molar-refractivity contribution in [1.29, 1.82) is 5.26 Å². The van der Waals surface area contributed by atoms with Gasteiger partial charge in [-0.15, -0.1) is 5.10 Å². The minimum absolute atomic E-state index is 0.0415. The van der Waals surface area contributed by atoms with Gasteiger partial charge in [0.1, 0.15) is 0 Å². The van der Waals surface area contributed by atoms with Crippen LogP contribution >= 0.6 is 0 Å². The van der Waals surface area contributed by atoms with E-state index in [2.05, 4.69) is 21.3 Å². The van der Waals surface area contributed by atoms with Crippen LogP contribution in [0.3, 0.4) is 0 Å². The number of nitrogens with zero attached hydrogens (tertiary/aromatic N) is 5. The summed E-state index contributed by atoms with van der Waals surface area (Å²) in [6.45, 7) is 6.25. The van der Waals surface area contributed by atoms with E-state index in [0.29, 0.717) is 12.5 Å². The summed E-state index contributed by atoms with van der Waals surface area (Å²) in [6, 6.07) is 2.17. The molecule has 0 aliphatic rings. The summed E-state index contributed by atoms with van der Waals surface area (Å²) in [4.78, 5) is 6.14. The fourth-order valence-electron chi connectivity index (χ4n) is 1.14. The summed E-state index contributed by atoms with van der Waals surface area (Å²) in [5.74, 6) is 0.528. The van der Waals surface area contributed by atoms with Crippen molar-refractivity contribution in [3.8, 4) is 6.07 Å². The summed E-state index contributed by atoms with van der Waals surface area (Å²) in [7, 11) is 1.86. The Morgan fingerprint density at radius 1 is 1.33 bits per heavy atom. The molecule has 5 heteroatoms. The Bertz CT molecular complexity index is 382. The summed E-state index contributed by atoms with van der Waals surface area (Å²) in [5, 5.41) is 16.7. The van der Waals surface area contributed by atoms with E-state index in [1.54, 1.807) is 0 Å². The third-order valence-electron chi connectivity index (χ3n) is 2.19. The van der Waals surface area contributed by atoms with Crippen molar-refractivity contribution in [2.24, 2.45) is 5.92 Å². The van der Waals surface area contributed by atoms with Crippen molar-refractivity contribution in [2.45, 2.75) is 20.8 Å². The molecule has 1 atom stereocenters. The summed E-state index contributed by atoms with van der Waals surface area (Å²) in [6.07, 6.45) is 0. The van der Waals surface area contributed by atoms with Gasteiger partial charge in [-0.3, -0.25) is 0 Å². The fraction of sp³-hybridized carbons (Fsp3) is 0.600. The number of hydrogen-bond donors (Lipinski definition) is 0. The third kappa shape index (κ3) is 2.88. The fourth-order valence-corrected chi connectivity index (χ4v) is 1.14. The van der Waals surface area contributed by atoms with Crippen molar-refractivity contribution in [1.82, 2.24) is 15.2 Å². The van der Waals surface area contributed by atoms with Crippen molar-refractivity contribution in [3.63, 3.8) is 0 Å². The summed E-state index contributed by atoms with van der Waals surface area (Å²) < 4.78 is 0. The maximum absolute atomic E-state index is 8.70. The molecule has 0 aliphatic carbocycles. The van der Waals surface area contributed by atoms with E-state index >= 15 is 0 Å². The van der Waals surface area contributed by atoms with Crippen molar-refractivity contribution in [2.75, 3.05) is 18.5 Å². The van der Waals surface area contributed by atoms with Gasteiger partial charge in [-0.2, -0.15) is 10.4 Å². The molecule has 0 saturated carbocycles. The minimum atomic E-state index is -0.0415. The lowest BCUT2D eigenvalue weighted by atomic mass is 10.2. The van der Waals surface area contributed by atoms with E-state index in [1.165, 1.54) is 0 Å². The van der Waals surface area contributed by atoms with E-state index in [9.17, 15) is 0 Å². The number of rotatable bonds is 3. The van der Waals surface area contributed by atoms with Crippen LogP contribution in [0.1, 0.15) is 18.3 Å². The zero-order valence-corrected chi connectivity index (χ0v) is 9.52. The van der Waals surface area contributed by atoms with Crippen LogP contribution in [0.5, 0.6) is 0 Å². The predicted molar refractivity (Wildman–Crippen MR) is 57.3 cm³/mol. The van der Waals surface area contributed by atoms with Gasteiger partial charge in [0, 0.05) is 13.6 Å². The molecule has 80 valence electrons. The number of aryl methyl sites for hydroxylation is 2. The maximum atomic E-state index is 8.70. The Morgan fingerprint density at radius 3 is 2.53 bits per heavy atom. The van der Waals surface area contributed by atoms with Crippen LogP contribution in [0.4, 0.5) is 5.95 Å². The van der Waals surface area contributed by atoms with Crippen LogP contribution in [0.15, 0.2) is 0 Å². The molecule has 0 spiro atoms. The van der Waals surface area contributed by atoms with Crippen molar-refractivity contribution < 1.29 is 0 Å². The Kier molecular flexibility index (Phi) is 3.56. The van der Waals surface area contributed by atoms with E-state index in [4.69, 9.17) is 5.26 Å². The van der Waals surface area contributed by atoms with Gasteiger partial charge in [-0.05, 0) is 20.8 Å². The lowest BCUT2D eigenvalue weighted by molar-refractivity contribution is 0.691. The minimum Gasteiger partial charge on any atom is -0.341 e. The molecule has 0 fully saturated rings. The number of hydrogen-bond acceptors (Lipinski definition) is 5. The molecule has 1 aromatic heterocycles. The van der Waals surface area contributed by atoms with Gasteiger partial charge in [-0.1, -0.05) is 0 Å². The van der Waals surface area contributed by atoms with Crippen LogP contribution < -0.4 is 4.90 Å². The second-order valence-corrected chi connectivity index (χ2v) is 3.69. The molecule has 1 rings (SSSR count). The molecule has 1 heterocycles. The van der Waals surface area contributed by atoms with Crippen LogP contribution in [0.2, 0.25) is 0 Å². The first-order valence-electron chi connectivity index (χ1n) is 4.83. The number of anilines is 1. The maximum Gasteiger partial charge on any atom is 0.245 e. The lowest BCUT2D eigenvalue weighted by Gasteiger charge is -2.17. The highest BCUT2D eigenvalue weighted by Crippen LogP contribution is 2.08. The second-order valence-electron chi connectivity index (χ2n) is 3.69. The van der Waals surface area contributed by atoms with Gasteiger partial charge in [0.2, 0.25) is 5.95 Å². The van der Waals surface area contributed by atoms with Gasteiger partial charge in [-0.25, -0.2) is 4.98 Å². The van der Waals surface area contributed by atoms with Crippen molar-refractivity contribution >= 4 is 5.95 Å². The molecule has 0 N–H and O–H groups in total. The average Bonchev–Trinajstić information content (AvgIpc) is 2.21. The number of aromatic nitrogens is 3. The molecule has 0 saturated heterocycles. The van der Waals surface area contributed by atoms with E-state index in [-0.39, 0.29) is 5.92 Å². The third-order valence-corrected chi connectivity index (χ3v) is 2.19. The monoisotopic (exact) mass is 205 g/mol. The van der Waals surface area contributed by atoms with Crippen LogP contribution in [-0.4, -0.2) is 28.8 Å². The van der Waals surface area contributed by atoms with Crippen LogP contribution in [0.25, 0.3) is 0 Å². The molecule has 0 aliphatic heterocycles. The van der Waals surface area contributed by atoms with Gasteiger partial charge in [0.25, 0.3) is 0 Å². The lowest BCUT2D eigenvalue weighted by Crippen LogP contribution is -2.25. The SMILES string of the molecule is Cc1nnc(N(C)CC(C)C#N)nc1C. The average molecular weight is 205 g/mol. The highest BCUT2D eigenvalue weighted by molar-refractivity contribution is 5.28. The van der Waals surface area contributed by atoms with E-state index in [1.807, 2.05) is 32.7 Å². The summed E-state index contributed by atoms with van der Waals surface area (Å²) >= 11 is 0. The second kappa shape index (κ2) is 4.69. The first-order valence-corrected chi connectivity index (χ1v) is 4.83. The smallest absolute Gasteiger partial charge is 0.245 e. The van der Waals surface area contributed by atoms with Gasteiger partial charge in [0.05, 0.1) is 23.4 Å². The zero-order valence-electron chi connectivity index (χ0n) is 9.52. The van der Waals surface area contributed by atoms with Gasteiger partial charge >= 0.3 is 0 Å². The molecular weight excluding hydrogens is 190 g/mol. The Morgan fingerprint density at radius 2 is 2.00 bits per heavy atom.